The van der Waals surface area contributed by atoms with E-state index in [1.807, 2.05) is 19.0 Å². The van der Waals surface area contributed by atoms with Crippen LogP contribution in [0.1, 0.15) is 26.7 Å². The Balaban J connectivity index is 2.36. The van der Waals surface area contributed by atoms with Gasteiger partial charge in [0.05, 0.1) is 0 Å². The lowest BCUT2D eigenvalue weighted by Gasteiger charge is -2.34. The van der Waals surface area contributed by atoms with Gasteiger partial charge in [-0.05, 0) is 32.4 Å². The van der Waals surface area contributed by atoms with E-state index in [0.717, 1.165) is 26.1 Å². The molecular formula is C12H24N2O. The van der Waals surface area contributed by atoms with Gasteiger partial charge in [-0.1, -0.05) is 13.8 Å². The van der Waals surface area contributed by atoms with Crippen molar-refractivity contribution in [3.05, 3.63) is 0 Å². The minimum atomic E-state index is 0.349. The molecule has 0 N–H and O–H groups in total. The molecule has 0 aliphatic carbocycles. The van der Waals surface area contributed by atoms with Gasteiger partial charge in [0.15, 0.2) is 0 Å². The third kappa shape index (κ3) is 3.82. The molecule has 0 saturated carbocycles. The Morgan fingerprint density at radius 3 is 2.60 bits per heavy atom. The van der Waals surface area contributed by atoms with E-state index in [1.54, 1.807) is 0 Å². The fraction of sp³-hybridized carbons (Fsp3) is 0.917. The van der Waals surface area contributed by atoms with Crippen molar-refractivity contribution in [3.8, 4) is 0 Å². The number of carbonyl (C=O) groups excluding carboxylic acids is 1. The summed E-state index contributed by atoms with van der Waals surface area (Å²) >= 11 is 0. The molecule has 3 nitrogen and oxygen atoms in total. The lowest BCUT2D eigenvalue weighted by molar-refractivity contribution is -0.135. The Hall–Kier alpha value is -0.570. The summed E-state index contributed by atoms with van der Waals surface area (Å²) in [5.74, 6) is 1.60. The average molecular weight is 212 g/mol. The Morgan fingerprint density at radius 2 is 2.13 bits per heavy atom. The monoisotopic (exact) mass is 212 g/mol. The number of nitrogens with zero attached hydrogens (tertiary/aromatic N) is 2. The van der Waals surface area contributed by atoms with Crippen LogP contribution in [-0.2, 0) is 4.79 Å². The zero-order valence-corrected chi connectivity index (χ0v) is 10.5. The van der Waals surface area contributed by atoms with Crippen LogP contribution in [0, 0.1) is 11.8 Å². The van der Waals surface area contributed by atoms with Crippen LogP contribution in [-0.4, -0.2) is 49.4 Å². The van der Waals surface area contributed by atoms with Crippen LogP contribution in [0.5, 0.6) is 0 Å². The molecule has 0 radical (unpaired) electrons. The summed E-state index contributed by atoms with van der Waals surface area (Å²) in [7, 11) is 4.09. The highest BCUT2D eigenvalue weighted by atomic mass is 16.2. The van der Waals surface area contributed by atoms with Crippen LogP contribution < -0.4 is 0 Å². The second-order valence-corrected chi connectivity index (χ2v) is 5.18. The molecule has 1 fully saturated rings. The smallest absolute Gasteiger partial charge is 0.222 e. The minimum Gasteiger partial charge on any atom is -0.341 e. The van der Waals surface area contributed by atoms with Gasteiger partial charge in [-0.25, -0.2) is 0 Å². The molecule has 0 unspecified atom stereocenters. The van der Waals surface area contributed by atoms with Gasteiger partial charge < -0.3 is 9.80 Å². The molecule has 0 bridgehead atoms. The van der Waals surface area contributed by atoms with E-state index >= 15 is 0 Å². The number of hydrogen-bond donors (Lipinski definition) is 0. The van der Waals surface area contributed by atoms with E-state index in [-0.39, 0.29) is 0 Å². The number of piperidine rings is 1. The van der Waals surface area contributed by atoms with Gasteiger partial charge in [-0.15, -0.1) is 0 Å². The fourth-order valence-electron chi connectivity index (χ4n) is 2.03. The number of likely N-dealkylation sites (N-methyl/N-ethyl adjacent to an activating group) is 1. The van der Waals surface area contributed by atoms with Crippen molar-refractivity contribution in [2.75, 3.05) is 33.7 Å². The molecule has 88 valence electrons. The maximum atomic E-state index is 11.8. The van der Waals surface area contributed by atoms with Crippen molar-refractivity contribution in [2.45, 2.75) is 26.7 Å². The summed E-state index contributed by atoms with van der Waals surface area (Å²) < 4.78 is 0. The highest BCUT2D eigenvalue weighted by Gasteiger charge is 2.27. The van der Waals surface area contributed by atoms with Crippen molar-refractivity contribution in [1.82, 2.24) is 9.80 Å². The summed E-state index contributed by atoms with van der Waals surface area (Å²) in [6.07, 6.45) is 1.93. The van der Waals surface area contributed by atoms with E-state index in [1.165, 1.54) is 6.42 Å². The summed E-state index contributed by atoms with van der Waals surface area (Å²) in [6, 6.07) is 0. The molecule has 15 heavy (non-hydrogen) atoms. The van der Waals surface area contributed by atoms with E-state index in [4.69, 9.17) is 0 Å². The Labute approximate surface area is 93.4 Å². The maximum absolute atomic E-state index is 11.8. The predicted molar refractivity (Wildman–Crippen MR) is 62.7 cm³/mol. The number of amides is 1. The van der Waals surface area contributed by atoms with Crippen molar-refractivity contribution < 1.29 is 4.79 Å². The van der Waals surface area contributed by atoms with E-state index in [0.29, 0.717) is 17.7 Å². The van der Waals surface area contributed by atoms with Crippen LogP contribution in [0.4, 0.5) is 0 Å². The molecule has 1 rings (SSSR count). The Kier molecular flexibility index (Phi) is 4.58. The van der Waals surface area contributed by atoms with Crippen molar-refractivity contribution in [3.63, 3.8) is 0 Å². The second kappa shape index (κ2) is 5.50. The van der Waals surface area contributed by atoms with Crippen LogP contribution >= 0.6 is 0 Å². The first-order valence-electron chi connectivity index (χ1n) is 5.93. The van der Waals surface area contributed by atoms with Gasteiger partial charge in [-0.2, -0.15) is 0 Å². The number of rotatable bonds is 4. The van der Waals surface area contributed by atoms with Gasteiger partial charge in [0.1, 0.15) is 0 Å². The van der Waals surface area contributed by atoms with Gasteiger partial charge in [-0.3, -0.25) is 4.79 Å². The molecule has 1 amide bonds. The van der Waals surface area contributed by atoms with Crippen molar-refractivity contribution in [2.24, 2.45) is 11.8 Å². The Morgan fingerprint density at radius 1 is 1.47 bits per heavy atom. The first kappa shape index (κ1) is 12.5. The lowest BCUT2D eigenvalue weighted by Crippen LogP contribution is -2.43. The first-order valence-corrected chi connectivity index (χ1v) is 5.93. The van der Waals surface area contributed by atoms with Crippen molar-refractivity contribution >= 4 is 5.91 Å². The molecule has 3 heteroatoms. The summed E-state index contributed by atoms with van der Waals surface area (Å²) in [6.45, 7) is 7.24. The van der Waals surface area contributed by atoms with E-state index in [9.17, 15) is 4.79 Å². The highest BCUT2D eigenvalue weighted by Crippen LogP contribution is 2.24. The zero-order valence-electron chi connectivity index (χ0n) is 10.5. The molecule has 0 aromatic rings. The van der Waals surface area contributed by atoms with Crippen LogP contribution in [0.3, 0.4) is 0 Å². The van der Waals surface area contributed by atoms with Gasteiger partial charge in [0, 0.05) is 26.1 Å². The van der Waals surface area contributed by atoms with Gasteiger partial charge >= 0.3 is 0 Å². The molecule has 1 heterocycles. The molecule has 0 spiro atoms. The Bertz CT molecular complexity index is 214. The number of likely N-dealkylation sites (tertiary alicyclic amines) is 1. The molecule has 1 saturated heterocycles. The molecule has 0 aromatic carbocycles. The third-order valence-electron chi connectivity index (χ3n) is 3.32. The maximum Gasteiger partial charge on any atom is 0.222 e. The first-order chi connectivity index (χ1) is 7.00. The number of carbonyl (C=O) groups is 1. The normalized spacial score (nSPS) is 22.9. The van der Waals surface area contributed by atoms with Crippen LogP contribution in [0.25, 0.3) is 0 Å². The lowest BCUT2D eigenvalue weighted by atomic mass is 9.86. The largest absolute Gasteiger partial charge is 0.341 e. The minimum absolute atomic E-state index is 0.349. The zero-order chi connectivity index (χ0) is 11.4. The van der Waals surface area contributed by atoms with Crippen LogP contribution in [0.2, 0.25) is 0 Å². The molecular weight excluding hydrogens is 188 g/mol. The second-order valence-electron chi connectivity index (χ2n) is 5.18. The topological polar surface area (TPSA) is 23.6 Å². The SMILES string of the molecule is CC(C)[C@H]1CCN(CCN(C)C)C(=O)C1. The molecule has 1 aliphatic rings. The van der Waals surface area contributed by atoms with Gasteiger partial charge in [0.25, 0.3) is 0 Å². The number of hydrogen-bond acceptors (Lipinski definition) is 2. The summed E-state index contributed by atoms with van der Waals surface area (Å²) in [5, 5.41) is 0. The summed E-state index contributed by atoms with van der Waals surface area (Å²) in [5.41, 5.74) is 0. The average Bonchev–Trinajstić information content (AvgIpc) is 2.15. The summed E-state index contributed by atoms with van der Waals surface area (Å²) in [4.78, 5) is 16.0. The third-order valence-corrected chi connectivity index (χ3v) is 3.32. The van der Waals surface area contributed by atoms with E-state index in [2.05, 4.69) is 18.7 Å². The molecule has 1 aliphatic heterocycles. The van der Waals surface area contributed by atoms with Crippen molar-refractivity contribution in [1.29, 1.82) is 0 Å². The molecule has 1 atom stereocenters. The quantitative estimate of drug-likeness (QED) is 0.704. The predicted octanol–water partition coefficient (Wildman–Crippen LogP) is 1.44. The fourth-order valence-corrected chi connectivity index (χ4v) is 2.03. The van der Waals surface area contributed by atoms with Crippen LogP contribution in [0.15, 0.2) is 0 Å². The standard InChI is InChI=1S/C12H24N2O/c1-10(2)11-5-6-14(12(15)9-11)8-7-13(3)4/h10-11H,5-9H2,1-4H3/t11-/m0/s1. The van der Waals surface area contributed by atoms with Gasteiger partial charge in [0.2, 0.25) is 5.91 Å². The molecule has 0 aromatic heterocycles. The highest BCUT2D eigenvalue weighted by molar-refractivity contribution is 5.77. The van der Waals surface area contributed by atoms with E-state index < -0.39 is 0 Å².